The fraction of sp³-hybridized carbons (Fsp3) is 0.682. The first-order valence-electron chi connectivity index (χ1n) is 20.0. The molecule has 0 aliphatic heterocycles. The maximum Gasteiger partial charge on any atom is 0.306 e. The average molecular weight is 683 g/mol. The topological polar surface area (TPSA) is 72.8 Å². The molecule has 0 heterocycles. The third-order valence-corrected chi connectivity index (χ3v) is 8.23. The summed E-state index contributed by atoms with van der Waals surface area (Å²) in [5.41, 5.74) is 0. The maximum atomic E-state index is 12.2. The SMILES string of the molecule is CC/C=C\C/C=C\C/C=C\C/C=C\C/C=C\CCCCCC(=O)O[C@@H](CO)COC(=O)CCCCCCC/C=C\CCCCCCCCC. The van der Waals surface area contributed by atoms with Crippen molar-refractivity contribution in [2.75, 3.05) is 13.2 Å². The minimum absolute atomic E-state index is 0.0870. The van der Waals surface area contributed by atoms with Crippen LogP contribution in [0.3, 0.4) is 0 Å². The number of rotatable bonds is 35. The number of ether oxygens (including phenoxy) is 2. The van der Waals surface area contributed by atoms with E-state index in [1.165, 1.54) is 64.2 Å². The Bertz CT molecular complexity index is 910. The smallest absolute Gasteiger partial charge is 0.306 e. The van der Waals surface area contributed by atoms with Gasteiger partial charge in [-0.25, -0.2) is 0 Å². The van der Waals surface area contributed by atoms with Crippen molar-refractivity contribution in [1.82, 2.24) is 0 Å². The Morgan fingerprint density at radius 3 is 1.37 bits per heavy atom. The molecule has 0 aromatic heterocycles. The van der Waals surface area contributed by atoms with Crippen LogP contribution in [0.1, 0.15) is 174 Å². The van der Waals surface area contributed by atoms with E-state index in [1.807, 2.05) is 0 Å². The maximum absolute atomic E-state index is 12.2. The lowest BCUT2D eigenvalue weighted by Gasteiger charge is -2.15. The summed E-state index contributed by atoms with van der Waals surface area (Å²) in [6.45, 7) is 3.97. The lowest BCUT2D eigenvalue weighted by atomic mass is 10.1. The molecular formula is C44H74O5. The summed E-state index contributed by atoms with van der Waals surface area (Å²) in [7, 11) is 0. The summed E-state index contributed by atoms with van der Waals surface area (Å²) in [5.74, 6) is -0.643. The van der Waals surface area contributed by atoms with E-state index in [2.05, 4.69) is 86.8 Å². The second kappa shape index (κ2) is 39.8. The van der Waals surface area contributed by atoms with Crippen LogP contribution in [0.15, 0.2) is 72.9 Å². The summed E-state index contributed by atoms with van der Waals surface area (Å²) in [6, 6.07) is 0. The molecule has 49 heavy (non-hydrogen) atoms. The van der Waals surface area contributed by atoms with Crippen LogP contribution in [0.4, 0.5) is 0 Å². The van der Waals surface area contributed by atoms with Crippen molar-refractivity contribution < 1.29 is 24.2 Å². The predicted octanol–water partition coefficient (Wildman–Crippen LogP) is 12.6. The number of aliphatic hydroxyl groups is 1. The van der Waals surface area contributed by atoms with E-state index in [0.29, 0.717) is 12.8 Å². The second-order valence-corrected chi connectivity index (χ2v) is 13.0. The molecule has 1 N–H and O–H groups in total. The van der Waals surface area contributed by atoms with Gasteiger partial charge in [0.15, 0.2) is 6.10 Å². The van der Waals surface area contributed by atoms with Crippen LogP contribution in [0.2, 0.25) is 0 Å². The first-order chi connectivity index (χ1) is 24.1. The highest BCUT2D eigenvalue weighted by Gasteiger charge is 2.16. The summed E-state index contributed by atoms with van der Waals surface area (Å²) < 4.78 is 10.6. The first kappa shape index (κ1) is 46.3. The fourth-order valence-electron chi connectivity index (χ4n) is 5.22. The van der Waals surface area contributed by atoms with Crippen LogP contribution in [-0.4, -0.2) is 36.4 Å². The zero-order chi connectivity index (χ0) is 35.7. The number of allylic oxidation sites excluding steroid dienone is 12. The average Bonchev–Trinajstić information content (AvgIpc) is 3.10. The van der Waals surface area contributed by atoms with Gasteiger partial charge in [-0.3, -0.25) is 9.59 Å². The molecule has 0 amide bonds. The highest BCUT2D eigenvalue weighted by Crippen LogP contribution is 2.12. The van der Waals surface area contributed by atoms with Gasteiger partial charge >= 0.3 is 11.9 Å². The van der Waals surface area contributed by atoms with E-state index >= 15 is 0 Å². The molecule has 0 fully saturated rings. The van der Waals surface area contributed by atoms with Crippen molar-refractivity contribution in [2.45, 2.75) is 180 Å². The van der Waals surface area contributed by atoms with Crippen molar-refractivity contribution in [3.05, 3.63) is 72.9 Å². The largest absolute Gasteiger partial charge is 0.462 e. The molecule has 0 saturated heterocycles. The van der Waals surface area contributed by atoms with Gasteiger partial charge in [0.2, 0.25) is 0 Å². The third-order valence-electron chi connectivity index (χ3n) is 8.23. The molecule has 0 aliphatic carbocycles. The zero-order valence-corrected chi connectivity index (χ0v) is 31.7. The second-order valence-electron chi connectivity index (χ2n) is 13.0. The summed E-state index contributed by atoms with van der Waals surface area (Å²) >= 11 is 0. The van der Waals surface area contributed by atoms with Crippen molar-refractivity contribution in [1.29, 1.82) is 0 Å². The van der Waals surface area contributed by atoms with Gasteiger partial charge in [-0.15, -0.1) is 0 Å². The number of esters is 2. The third kappa shape index (κ3) is 38.0. The Balaban J connectivity index is 3.66. The Morgan fingerprint density at radius 1 is 0.490 bits per heavy atom. The van der Waals surface area contributed by atoms with Crippen LogP contribution in [0.25, 0.3) is 0 Å². The van der Waals surface area contributed by atoms with Crippen LogP contribution < -0.4 is 0 Å². The zero-order valence-electron chi connectivity index (χ0n) is 31.7. The highest BCUT2D eigenvalue weighted by atomic mass is 16.6. The van der Waals surface area contributed by atoms with Crippen molar-refractivity contribution in [3.63, 3.8) is 0 Å². The molecule has 0 radical (unpaired) electrons. The standard InChI is InChI=1S/C44H74O5/c1-3-5-7-9-11-13-15-17-19-21-22-23-25-27-29-31-33-35-37-39-44(47)49-42(40-45)41-48-43(46)38-36-34-32-30-28-26-24-20-18-16-14-12-10-8-6-4-2/h5,7,11,13,17,19-20,22-24,27,29,42,45H,3-4,6,8-10,12,14-16,18,21,25-26,28,30-41H2,1-2H3/b7-5-,13-11-,19-17-,23-22-,24-20-,29-27-/t42-/m0/s1. The van der Waals surface area contributed by atoms with Gasteiger partial charge < -0.3 is 14.6 Å². The molecule has 280 valence electrons. The molecule has 0 aromatic carbocycles. The quantitative estimate of drug-likeness (QED) is 0.0409. The van der Waals surface area contributed by atoms with Crippen LogP contribution >= 0.6 is 0 Å². The lowest BCUT2D eigenvalue weighted by molar-refractivity contribution is -0.161. The van der Waals surface area contributed by atoms with Gasteiger partial charge in [-0.1, -0.05) is 151 Å². The number of aliphatic hydroxyl groups excluding tert-OH is 1. The predicted molar refractivity (Wildman–Crippen MR) is 210 cm³/mol. The van der Waals surface area contributed by atoms with Gasteiger partial charge in [-0.05, 0) is 83.5 Å². The van der Waals surface area contributed by atoms with Crippen LogP contribution in [-0.2, 0) is 19.1 Å². The molecule has 5 heteroatoms. The number of unbranched alkanes of at least 4 members (excludes halogenated alkanes) is 15. The molecule has 0 rings (SSSR count). The Kier molecular flexibility index (Phi) is 37.6. The minimum Gasteiger partial charge on any atom is -0.462 e. The molecule has 0 aliphatic rings. The molecular weight excluding hydrogens is 608 g/mol. The van der Waals surface area contributed by atoms with Gasteiger partial charge in [0.1, 0.15) is 6.61 Å². The van der Waals surface area contributed by atoms with E-state index in [9.17, 15) is 14.7 Å². The summed E-state index contributed by atoms with van der Waals surface area (Å²) in [4.78, 5) is 24.3. The van der Waals surface area contributed by atoms with E-state index in [1.54, 1.807) is 0 Å². The summed E-state index contributed by atoms with van der Waals surface area (Å²) in [6.07, 6.45) is 52.4. The molecule has 0 unspecified atom stereocenters. The van der Waals surface area contributed by atoms with E-state index in [4.69, 9.17) is 9.47 Å². The molecule has 1 atom stereocenters. The van der Waals surface area contributed by atoms with Gasteiger partial charge in [-0.2, -0.15) is 0 Å². The normalized spacial score (nSPS) is 13.0. The van der Waals surface area contributed by atoms with Gasteiger partial charge in [0, 0.05) is 12.8 Å². The number of hydrogen-bond acceptors (Lipinski definition) is 5. The molecule has 0 aromatic rings. The molecule has 0 saturated carbocycles. The van der Waals surface area contributed by atoms with Crippen molar-refractivity contribution >= 4 is 11.9 Å². The first-order valence-corrected chi connectivity index (χ1v) is 20.0. The Morgan fingerprint density at radius 2 is 0.878 bits per heavy atom. The Labute approximate surface area is 302 Å². The Hall–Kier alpha value is -2.66. The van der Waals surface area contributed by atoms with Gasteiger partial charge in [0.05, 0.1) is 6.61 Å². The summed E-state index contributed by atoms with van der Waals surface area (Å²) in [5, 5.41) is 9.55. The highest BCUT2D eigenvalue weighted by molar-refractivity contribution is 5.70. The molecule has 5 nitrogen and oxygen atoms in total. The van der Waals surface area contributed by atoms with Crippen LogP contribution in [0, 0.1) is 0 Å². The number of carbonyl (C=O) groups is 2. The van der Waals surface area contributed by atoms with Crippen molar-refractivity contribution in [2.24, 2.45) is 0 Å². The van der Waals surface area contributed by atoms with E-state index in [-0.39, 0.29) is 25.2 Å². The molecule has 0 bridgehead atoms. The number of hydrogen-bond donors (Lipinski definition) is 1. The minimum atomic E-state index is -0.795. The van der Waals surface area contributed by atoms with E-state index in [0.717, 1.165) is 83.5 Å². The molecule has 0 spiro atoms. The van der Waals surface area contributed by atoms with Crippen molar-refractivity contribution in [3.8, 4) is 0 Å². The van der Waals surface area contributed by atoms with Gasteiger partial charge in [0.25, 0.3) is 0 Å². The monoisotopic (exact) mass is 683 g/mol. The van der Waals surface area contributed by atoms with Crippen LogP contribution in [0.5, 0.6) is 0 Å². The fourth-order valence-corrected chi connectivity index (χ4v) is 5.22. The lowest BCUT2D eigenvalue weighted by Crippen LogP contribution is -2.28. The van der Waals surface area contributed by atoms with E-state index < -0.39 is 6.10 Å². The number of carbonyl (C=O) groups excluding carboxylic acids is 2.